The third kappa shape index (κ3) is 4.36. The Morgan fingerprint density at radius 1 is 0.688 bits per heavy atom. The Hall–Kier alpha value is -2.52. The number of esters is 2. The molecular weight excluding hydrogens is 416 g/mol. The zero-order chi connectivity index (χ0) is 21.7. The monoisotopic (exact) mass is 440 g/mol. The zero-order valence-corrected chi connectivity index (χ0v) is 17.5. The van der Waals surface area contributed by atoms with E-state index >= 15 is 0 Å². The first-order valence-electron chi connectivity index (χ1n) is 11.0. The van der Waals surface area contributed by atoms with Crippen molar-refractivity contribution in [3.63, 3.8) is 0 Å². The topological polar surface area (TPSA) is 103 Å². The summed E-state index contributed by atoms with van der Waals surface area (Å²) in [5.74, 6) is -1.08. The first-order chi connectivity index (χ1) is 15.7. The molecule has 0 aromatic heterocycles. The van der Waals surface area contributed by atoms with Crippen molar-refractivity contribution in [1.82, 2.24) is 0 Å². The van der Waals surface area contributed by atoms with Gasteiger partial charge in [-0.1, -0.05) is 24.3 Å². The number of hydrogen-bond donors (Lipinski definition) is 0. The molecule has 32 heavy (non-hydrogen) atoms. The Balaban J connectivity index is 1.49. The second-order valence-corrected chi connectivity index (χ2v) is 8.68. The summed E-state index contributed by atoms with van der Waals surface area (Å²) >= 11 is 0. The number of epoxide rings is 4. The molecule has 0 saturated carbocycles. The maximum Gasteiger partial charge on any atom is 0.339 e. The minimum Gasteiger partial charge on any atom is -0.459 e. The predicted molar refractivity (Wildman–Crippen MR) is 111 cm³/mol. The molecule has 8 heteroatoms. The summed E-state index contributed by atoms with van der Waals surface area (Å²) in [6, 6.07) is 7.64. The van der Waals surface area contributed by atoms with E-state index in [1.165, 1.54) is 0 Å². The third-order valence-electron chi connectivity index (χ3n) is 6.12. The molecule has 0 spiro atoms. The quantitative estimate of drug-likeness (QED) is 0.407. The lowest BCUT2D eigenvalue weighted by molar-refractivity contribution is 0.0431. The van der Waals surface area contributed by atoms with Crippen LogP contribution in [0.1, 0.15) is 31.8 Å². The van der Waals surface area contributed by atoms with Crippen LogP contribution in [0.4, 0.5) is 0 Å². The van der Waals surface area contributed by atoms with E-state index in [1.54, 1.807) is 0 Å². The van der Waals surface area contributed by atoms with Gasteiger partial charge in [0.1, 0.15) is 25.4 Å². The van der Waals surface area contributed by atoms with Crippen LogP contribution in [-0.2, 0) is 41.3 Å². The van der Waals surface area contributed by atoms with E-state index < -0.39 is 11.9 Å². The minimum atomic E-state index is -0.543. The Morgan fingerprint density at radius 2 is 1.16 bits per heavy atom. The summed E-state index contributed by atoms with van der Waals surface area (Å²) in [5.41, 5.74) is 2.32. The van der Waals surface area contributed by atoms with Crippen LogP contribution in [0, 0.1) is 0 Å². The van der Waals surface area contributed by atoms with Crippen molar-refractivity contribution in [2.24, 2.45) is 0 Å². The molecule has 4 unspecified atom stereocenters. The summed E-state index contributed by atoms with van der Waals surface area (Å²) in [6.45, 7) is 2.81. The van der Waals surface area contributed by atoms with Gasteiger partial charge in [-0.15, -0.1) is 0 Å². The van der Waals surface area contributed by atoms with E-state index in [4.69, 9.17) is 28.4 Å². The van der Waals surface area contributed by atoms with E-state index in [9.17, 15) is 9.59 Å². The highest BCUT2D eigenvalue weighted by Crippen LogP contribution is 2.37. The van der Waals surface area contributed by atoms with E-state index in [0.29, 0.717) is 44.7 Å². The normalized spacial score (nSPS) is 27.1. The van der Waals surface area contributed by atoms with E-state index in [2.05, 4.69) is 0 Å². The fourth-order valence-corrected chi connectivity index (χ4v) is 4.10. The van der Waals surface area contributed by atoms with Crippen LogP contribution in [0.15, 0.2) is 24.3 Å². The predicted octanol–water partition coefficient (Wildman–Crippen LogP) is 1.83. The molecule has 8 nitrogen and oxygen atoms in total. The number of rotatable bonds is 10. The smallest absolute Gasteiger partial charge is 0.339 e. The summed E-state index contributed by atoms with van der Waals surface area (Å²) in [7, 11) is 0. The Labute approximate surface area is 184 Å². The molecule has 0 bridgehead atoms. The van der Waals surface area contributed by atoms with Crippen LogP contribution in [0.3, 0.4) is 0 Å². The van der Waals surface area contributed by atoms with Gasteiger partial charge in [0.25, 0.3) is 0 Å². The van der Waals surface area contributed by atoms with Gasteiger partial charge in [0, 0.05) is 12.8 Å². The van der Waals surface area contributed by atoms with Crippen LogP contribution in [0.5, 0.6) is 0 Å². The molecular formula is C24H24O8. The largest absolute Gasteiger partial charge is 0.459 e. The van der Waals surface area contributed by atoms with Crippen molar-refractivity contribution in [2.75, 3.05) is 39.6 Å². The summed E-state index contributed by atoms with van der Waals surface area (Å²) in [6.07, 6.45) is 1.20. The van der Waals surface area contributed by atoms with Gasteiger partial charge in [-0.2, -0.15) is 0 Å². The van der Waals surface area contributed by atoms with Crippen LogP contribution in [0.2, 0.25) is 0 Å². The van der Waals surface area contributed by atoms with E-state index in [1.807, 2.05) is 24.3 Å². The molecule has 2 aromatic rings. The fraction of sp³-hybridized carbons (Fsp3) is 0.500. The number of carbonyl (C=O) groups excluding carboxylic acids is 2. The second-order valence-electron chi connectivity index (χ2n) is 8.68. The zero-order valence-electron chi connectivity index (χ0n) is 17.5. The highest BCUT2D eigenvalue weighted by atomic mass is 16.6. The highest BCUT2D eigenvalue weighted by molar-refractivity contribution is 6.14. The van der Waals surface area contributed by atoms with E-state index in [-0.39, 0.29) is 48.8 Å². The molecule has 4 aliphatic rings. The molecule has 168 valence electrons. The van der Waals surface area contributed by atoms with Crippen molar-refractivity contribution in [3.8, 4) is 0 Å². The maximum atomic E-state index is 13.4. The van der Waals surface area contributed by atoms with Gasteiger partial charge in [0.05, 0.1) is 49.8 Å². The number of benzene rings is 2. The summed E-state index contributed by atoms with van der Waals surface area (Å²) in [5, 5.41) is 1.61. The maximum absolute atomic E-state index is 13.4. The van der Waals surface area contributed by atoms with Crippen molar-refractivity contribution in [2.45, 2.75) is 37.3 Å². The number of ether oxygens (including phenoxy) is 6. The molecule has 0 aliphatic carbocycles. The van der Waals surface area contributed by atoms with E-state index in [0.717, 1.165) is 16.5 Å². The third-order valence-corrected chi connectivity index (χ3v) is 6.12. The van der Waals surface area contributed by atoms with Gasteiger partial charge in [0.15, 0.2) is 0 Å². The van der Waals surface area contributed by atoms with Crippen molar-refractivity contribution < 1.29 is 38.0 Å². The fourth-order valence-electron chi connectivity index (χ4n) is 4.10. The standard InChI is InChI=1S/C24H24O8/c25-23(31-11-15-9-29-15)21-18-4-2-1-3-17(18)19(5-13-7-27-13)20(6-14-8-28-14)22(21)24(26)32-12-16-10-30-16/h1-4,13-16H,5-12H2. The molecule has 6 rings (SSSR count). The van der Waals surface area contributed by atoms with Crippen LogP contribution in [-0.4, -0.2) is 76.0 Å². The Morgan fingerprint density at radius 3 is 1.69 bits per heavy atom. The average molecular weight is 440 g/mol. The summed E-state index contributed by atoms with van der Waals surface area (Å²) in [4.78, 5) is 26.7. The van der Waals surface area contributed by atoms with Gasteiger partial charge < -0.3 is 28.4 Å². The number of fused-ring (bicyclic) bond motifs is 1. The van der Waals surface area contributed by atoms with Gasteiger partial charge in [0.2, 0.25) is 0 Å². The Kier molecular flexibility index (Phi) is 5.10. The molecule has 2 aromatic carbocycles. The van der Waals surface area contributed by atoms with Gasteiger partial charge in [-0.25, -0.2) is 9.59 Å². The molecule has 0 radical (unpaired) electrons. The molecule has 4 atom stereocenters. The molecule has 4 heterocycles. The SMILES string of the molecule is O=C(OCC1CO1)c1c(CC2CO2)c(CC2CO2)c2ccccc2c1C(=O)OCC1CO1. The van der Waals surface area contributed by atoms with Gasteiger partial charge in [-0.3, -0.25) is 0 Å². The van der Waals surface area contributed by atoms with Crippen LogP contribution < -0.4 is 0 Å². The number of hydrogen-bond acceptors (Lipinski definition) is 8. The lowest BCUT2D eigenvalue weighted by atomic mass is 9.85. The van der Waals surface area contributed by atoms with Crippen LogP contribution >= 0.6 is 0 Å². The molecule has 0 amide bonds. The van der Waals surface area contributed by atoms with Crippen molar-refractivity contribution in [1.29, 1.82) is 0 Å². The van der Waals surface area contributed by atoms with Crippen LogP contribution in [0.25, 0.3) is 10.8 Å². The molecule has 4 aliphatic heterocycles. The lowest BCUT2D eigenvalue weighted by Gasteiger charge is -2.20. The van der Waals surface area contributed by atoms with Gasteiger partial charge in [-0.05, 0) is 21.9 Å². The molecule has 0 N–H and O–H groups in total. The summed E-state index contributed by atoms with van der Waals surface area (Å²) < 4.78 is 32.5. The first kappa shape index (κ1) is 20.1. The first-order valence-corrected chi connectivity index (χ1v) is 11.0. The van der Waals surface area contributed by atoms with Crippen molar-refractivity contribution in [3.05, 3.63) is 46.5 Å². The van der Waals surface area contributed by atoms with Crippen molar-refractivity contribution >= 4 is 22.7 Å². The minimum absolute atomic E-state index is 0.0251. The van der Waals surface area contributed by atoms with Gasteiger partial charge >= 0.3 is 11.9 Å². The molecule has 4 saturated heterocycles. The second kappa shape index (κ2) is 8.12. The lowest BCUT2D eigenvalue weighted by Crippen LogP contribution is -2.22. The number of carbonyl (C=O) groups is 2. The molecule has 4 fully saturated rings. The Bertz CT molecular complexity index is 1060. The highest BCUT2D eigenvalue weighted by Gasteiger charge is 2.36. The average Bonchev–Trinajstić information content (AvgIpc) is 3.64.